The normalized spacial score (nSPS) is 16.4. The summed E-state index contributed by atoms with van der Waals surface area (Å²) in [5, 5.41) is 4.23. The van der Waals surface area contributed by atoms with Crippen molar-refractivity contribution >= 4 is 15.6 Å². The minimum absolute atomic E-state index is 0.344. The van der Waals surface area contributed by atoms with Gasteiger partial charge in [-0.25, -0.2) is 8.42 Å². The Kier molecular flexibility index (Phi) is 4.12. The molecule has 0 atom stereocenters. The van der Waals surface area contributed by atoms with Crippen molar-refractivity contribution in [3.05, 3.63) is 53.4 Å². The Morgan fingerprint density at radius 3 is 2.35 bits per heavy atom. The molecule has 1 aromatic carbocycles. The zero-order valence-electron chi connectivity index (χ0n) is 13.7. The van der Waals surface area contributed by atoms with Gasteiger partial charge in [-0.05, 0) is 31.4 Å². The molecule has 122 valence electrons. The second kappa shape index (κ2) is 5.94. The molecular weight excluding hydrogens is 310 g/mol. The van der Waals surface area contributed by atoms with Crippen molar-refractivity contribution in [1.82, 2.24) is 14.1 Å². The fourth-order valence-electron chi connectivity index (χ4n) is 3.04. The van der Waals surface area contributed by atoms with Crippen LogP contribution in [0.1, 0.15) is 23.4 Å². The second-order valence-electron chi connectivity index (χ2n) is 5.83. The highest BCUT2D eigenvalue weighted by Crippen LogP contribution is 2.28. The van der Waals surface area contributed by atoms with E-state index >= 15 is 0 Å². The largest absolute Gasteiger partial charge is 0.271 e. The maximum Gasteiger partial charge on any atom is 0.247 e. The lowest BCUT2D eigenvalue weighted by Crippen LogP contribution is -2.35. The summed E-state index contributed by atoms with van der Waals surface area (Å²) in [7, 11) is -1.73. The van der Waals surface area contributed by atoms with Gasteiger partial charge in [-0.3, -0.25) is 4.68 Å². The van der Waals surface area contributed by atoms with Gasteiger partial charge in [0.1, 0.15) is 4.90 Å². The minimum atomic E-state index is -3.50. The molecule has 3 rings (SSSR count). The Morgan fingerprint density at radius 2 is 1.83 bits per heavy atom. The van der Waals surface area contributed by atoms with Crippen LogP contribution in [-0.4, -0.2) is 35.6 Å². The lowest BCUT2D eigenvalue weighted by molar-refractivity contribution is 0.440. The van der Waals surface area contributed by atoms with Crippen LogP contribution in [0.5, 0.6) is 0 Å². The Hall–Kier alpha value is -1.92. The van der Waals surface area contributed by atoms with Crippen molar-refractivity contribution in [3.63, 3.8) is 0 Å². The highest BCUT2D eigenvalue weighted by molar-refractivity contribution is 7.89. The van der Waals surface area contributed by atoms with E-state index in [0.717, 1.165) is 6.42 Å². The van der Waals surface area contributed by atoms with Gasteiger partial charge < -0.3 is 0 Å². The predicted octanol–water partition coefficient (Wildman–Crippen LogP) is 2.51. The van der Waals surface area contributed by atoms with Crippen LogP contribution in [0.25, 0.3) is 5.57 Å². The quantitative estimate of drug-likeness (QED) is 0.868. The van der Waals surface area contributed by atoms with Crippen LogP contribution in [0.15, 0.2) is 41.3 Å². The van der Waals surface area contributed by atoms with Crippen LogP contribution >= 0.6 is 0 Å². The van der Waals surface area contributed by atoms with Crippen molar-refractivity contribution in [2.45, 2.75) is 25.2 Å². The van der Waals surface area contributed by atoms with Crippen LogP contribution in [0, 0.1) is 13.8 Å². The monoisotopic (exact) mass is 331 g/mol. The lowest BCUT2D eigenvalue weighted by Gasteiger charge is -2.26. The molecule has 0 unspecified atom stereocenters. The summed E-state index contributed by atoms with van der Waals surface area (Å²) in [5.41, 5.74) is 3.61. The molecule has 5 nitrogen and oxygen atoms in total. The van der Waals surface area contributed by atoms with Gasteiger partial charge in [-0.15, -0.1) is 0 Å². The lowest BCUT2D eigenvalue weighted by atomic mass is 10.0. The minimum Gasteiger partial charge on any atom is -0.271 e. The molecule has 0 saturated heterocycles. The molecule has 2 heterocycles. The molecular formula is C17H21N3O2S. The first kappa shape index (κ1) is 16.0. The third-order valence-electron chi connectivity index (χ3n) is 4.36. The predicted molar refractivity (Wildman–Crippen MR) is 90.5 cm³/mol. The van der Waals surface area contributed by atoms with Crippen molar-refractivity contribution in [2.24, 2.45) is 7.05 Å². The maximum absolute atomic E-state index is 12.9. The van der Waals surface area contributed by atoms with E-state index in [1.165, 1.54) is 15.4 Å². The number of benzene rings is 1. The fourth-order valence-corrected chi connectivity index (χ4v) is 4.82. The molecule has 1 aliphatic heterocycles. The van der Waals surface area contributed by atoms with Crippen LogP contribution in [0.2, 0.25) is 0 Å². The summed E-state index contributed by atoms with van der Waals surface area (Å²) < 4.78 is 29.0. The van der Waals surface area contributed by atoms with Crippen LogP contribution < -0.4 is 0 Å². The fraction of sp³-hybridized carbons (Fsp3) is 0.353. The third kappa shape index (κ3) is 2.84. The molecule has 1 aromatic heterocycles. The van der Waals surface area contributed by atoms with Gasteiger partial charge in [0.25, 0.3) is 0 Å². The molecule has 0 aliphatic carbocycles. The number of rotatable bonds is 3. The topological polar surface area (TPSA) is 55.2 Å². The van der Waals surface area contributed by atoms with Crippen molar-refractivity contribution in [2.75, 3.05) is 13.1 Å². The molecule has 0 saturated carbocycles. The highest BCUT2D eigenvalue weighted by atomic mass is 32.2. The molecule has 0 radical (unpaired) electrons. The average molecular weight is 331 g/mol. The smallest absolute Gasteiger partial charge is 0.247 e. The number of nitrogens with zero attached hydrogens (tertiary/aromatic N) is 3. The van der Waals surface area contributed by atoms with Crippen LogP contribution in [-0.2, 0) is 17.1 Å². The van der Waals surface area contributed by atoms with Gasteiger partial charge in [0, 0.05) is 20.1 Å². The molecule has 0 spiro atoms. The first-order chi connectivity index (χ1) is 10.9. The van der Waals surface area contributed by atoms with E-state index in [-0.39, 0.29) is 0 Å². The molecule has 1 aliphatic rings. The van der Waals surface area contributed by atoms with E-state index in [0.29, 0.717) is 29.4 Å². The number of aryl methyl sites for hydroxylation is 2. The maximum atomic E-state index is 12.9. The summed E-state index contributed by atoms with van der Waals surface area (Å²) in [6.07, 6.45) is 2.74. The van der Waals surface area contributed by atoms with Gasteiger partial charge >= 0.3 is 0 Å². The Balaban J connectivity index is 1.88. The molecule has 0 bridgehead atoms. The number of aromatic nitrogens is 2. The molecule has 0 fully saturated rings. The number of hydrogen-bond donors (Lipinski definition) is 0. The SMILES string of the molecule is Cc1nn(C)c(C)c1S(=O)(=O)N1CC=C(c2ccccc2)CC1. The van der Waals surface area contributed by atoms with Crippen molar-refractivity contribution in [3.8, 4) is 0 Å². The highest BCUT2D eigenvalue weighted by Gasteiger charge is 2.31. The number of hydrogen-bond acceptors (Lipinski definition) is 3. The molecule has 6 heteroatoms. The third-order valence-corrected chi connectivity index (χ3v) is 6.48. The summed E-state index contributed by atoms with van der Waals surface area (Å²) in [6.45, 7) is 4.44. The summed E-state index contributed by atoms with van der Waals surface area (Å²) in [4.78, 5) is 0.344. The average Bonchev–Trinajstić information content (AvgIpc) is 2.81. The van der Waals surface area contributed by atoms with Gasteiger partial charge in [-0.1, -0.05) is 36.4 Å². The summed E-state index contributed by atoms with van der Waals surface area (Å²) in [5.74, 6) is 0. The summed E-state index contributed by atoms with van der Waals surface area (Å²) in [6, 6.07) is 10.1. The van der Waals surface area contributed by atoms with Gasteiger partial charge in [0.05, 0.1) is 11.4 Å². The first-order valence-corrected chi connectivity index (χ1v) is 9.10. The zero-order chi connectivity index (χ0) is 16.6. The second-order valence-corrected chi connectivity index (χ2v) is 7.71. The van der Waals surface area contributed by atoms with Crippen molar-refractivity contribution in [1.29, 1.82) is 0 Å². The summed E-state index contributed by atoms with van der Waals surface area (Å²) >= 11 is 0. The molecule has 0 amide bonds. The van der Waals surface area contributed by atoms with E-state index in [4.69, 9.17) is 0 Å². The van der Waals surface area contributed by atoms with E-state index < -0.39 is 10.0 Å². The van der Waals surface area contributed by atoms with Gasteiger partial charge in [0.15, 0.2) is 0 Å². The van der Waals surface area contributed by atoms with Crippen LogP contribution in [0.3, 0.4) is 0 Å². The standard InChI is InChI=1S/C17H21N3O2S/c1-13-17(14(2)19(3)18-13)23(21,22)20-11-9-16(10-12-20)15-7-5-4-6-8-15/h4-9H,10-12H2,1-3H3. The molecule has 23 heavy (non-hydrogen) atoms. The van der Waals surface area contributed by atoms with E-state index in [1.807, 2.05) is 24.3 Å². The molecule has 2 aromatic rings. The zero-order valence-corrected chi connectivity index (χ0v) is 14.5. The number of sulfonamides is 1. The van der Waals surface area contributed by atoms with Crippen LogP contribution in [0.4, 0.5) is 0 Å². The Bertz CT molecular complexity index is 851. The van der Waals surface area contributed by atoms with Gasteiger partial charge in [0.2, 0.25) is 10.0 Å². The van der Waals surface area contributed by atoms with Gasteiger partial charge in [-0.2, -0.15) is 9.40 Å². The Morgan fingerprint density at radius 1 is 1.13 bits per heavy atom. The Labute approximate surface area is 137 Å². The van der Waals surface area contributed by atoms with Crippen molar-refractivity contribution < 1.29 is 8.42 Å². The molecule has 0 N–H and O–H groups in total. The first-order valence-electron chi connectivity index (χ1n) is 7.66. The van der Waals surface area contributed by atoms with E-state index in [9.17, 15) is 8.42 Å². The van der Waals surface area contributed by atoms with E-state index in [1.54, 1.807) is 25.6 Å². The van der Waals surface area contributed by atoms with E-state index in [2.05, 4.69) is 17.2 Å².